The first kappa shape index (κ1) is 21.8. The van der Waals surface area contributed by atoms with Crippen molar-refractivity contribution >= 4 is 37.5 Å². The molecule has 1 aliphatic rings. The fraction of sp³-hybridized carbons (Fsp3) is 0.381. The van der Waals surface area contributed by atoms with Crippen LogP contribution in [0.3, 0.4) is 0 Å². The summed E-state index contributed by atoms with van der Waals surface area (Å²) in [7, 11) is -3.49. The van der Waals surface area contributed by atoms with Crippen molar-refractivity contribution in [2.75, 3.05) is 25.0 Å². The van der Waals surface area contributed by atoms with Gasteiger partial charge in [0.15, 0.2) is 6.61 Å². The van der Waals surface area contributed by atoms with Crippen molar-refractivity contribution in [3.05, 3.63) is 52.5 Å². The summed E-state index contributed by atoms with van der Waals surface area (Å²) < 4.78 is 33.7. The number of rotatable bonds is 6. The van der Waals surface area contributed by atoms with Crippen LogP contribution in [-0.4, -0.2) is 38.3 Å². The highest BCUT2D eigenvalue weighted by atomic mass is 79.9. The Morgan fingerprint density at radius 2 is 1.72 bits per heavy atom. The van der Waals surface area contributed by atoms with Gasteiger partial charge < -0.3 is 10.1 Å². The molecule has 1 fully saturated rings. The summed E-state index contributed by atoms with van der Waals surface area (Å²) >= 11 is 3.39. The molecule has 0 unspecified atom stereocenters. The highest BCUT2D eigenvalue weighted by molar-refractivity contribution is 9.10. The van der Waals surface area contributed by atoms with Crippen molar-refractivity contribution in [3.63, 3.8) is 0 Å². The number of hydrogen-bond donors (Lipinski definition) is 1. The second-order valence-electron chi connectivity index (χ2n) is 7.09. The molecule has 0 radical (unpaired) electrons. The predicted molar refractivity (Wildman–Crippen MR) is 117 cm³/mol. The van der Waals surface area contributed by atoms with Crippen LogP contribution in [0.5, 0.6) is 5.75 Å². The average molecular weight is 481 g/mol. The Bertz CT molecular complexity index is 953. The van der Waals surface area contributed by atoms with Gasteiger partial charge in [-0.15, -0.1) is 0 Å². The van der Waals surface area contributed by atoms with Gasteiger partial charge in [-0.2, -0.15) is 4.31 Å². The molecule has 1 aliphatic heterocycles. The van der Waals surface area contributed by atoms with Crippen molar-refractivity contribution < 1.29 is 17.9 Å². The number of halogens is 1. The predicted octanol–water partition coefficient (Wildman–Crippen LogP) is 4.34. The molecule has 0 atom stereocenters. The number of aryl methyl sites for hydroxylation is 1. The zero-order valence-electron chi connectivity index (χ0n) is 16.4. The summed E-state index contributed by atoms with van der Waals surface area (Å²) in [5.74, 6) is 0.331. The second kappa shape index (κ2) is 9.73. The van der Waals surface area contributed by atoms with Gasteiger partial charge in [0.05, 0.1) is 4.90 Å². The molecular weight excluding hydrogens is 456 g/mol. The van der Waals surface area contributed by atoms with Gasteiger partial charge in [-0.1, -0.05) is 28.8 Å². The Morgan fingerprint density at radius 3 is 2.34 bits per heavy atom. The van der Waals surface area contributed by atoms with Crippen LogP contribution in [0.15, 0.2) is 51.8 Å². The largest absolute Gasteiger partial charge is 0.483 e. The first-order chi connectivity index (χ1) is 13.9. The normalized spacial score (nSPS) is 15.5. The molecule has 0 aromatic heterocycles. The molecule has 0 aliphatic carbocycles. The Balaban J connectivity index is 1.58. The van der Waals surface area contributed by atoms with E-state index >= 15 is 0 Å². The van der Waals surface area contributed by atoms with Crippen LogP contribution < -0.4 is 10.1 Å². The quantitative estimate of drug-likeness (QED) is 0.666. The Labute approximate surface area is 180 Å². The van der Waals surface area contributed by atoms with Crippen molar-refractivity contribution in [2.45, 2.75) is 37.5 Å². The minimum atomic E-state index is -3.49. The number of anilines is 1. The van der Waals surface area contributed by atoms with E-state index in [0.717, 1.165) is 35.7 Å². The molecule has 8 heteroatoms. The van der Waals surface area contributed by atoms with Gasteiger partial charge in [-0.05, 0) is 67.8 Å². The molecular formula is C21H25BrN2O4S. The lowest BCUT2D eigenvalue weighted by atomic mass is 10.2. The maximum Gasteiger partial charge on any atom is 0.262 e. The van der Waals surface area contributed by atoms with Crippen LogP contribution >= 0.6 is 15.9 Å². The van der Waals surface area contributed by atoms with Gasteiger partial charge in [0.25, 0.3) is 5.91 Å². The molecule has 3 rings (SSSR count). The van der Waals surface area contributed by atoms with Crippen LogP contribution in [0.4, 0.5) is 5.69 Å². The third kappa shape index (κ3) is 5.81. The SMILES string of the molecule is Cc1cc(Br)ccc1OCC(=O)Nc1ccc(S(=O)(=O)N2CCCCCC2)cc1. The van der Waals surface area contributed by atoms with Gasteiger partial charge in [0.1, 0.15) is 5.75 Å². The zero-order valence-corrected chi connectivity index (χ0v) is 18.8. The first-order valence-electron chi connectivity index (χ1n) is 9.65. The summed E-state index contributed by atoms with van der Waals surface area (Å²) in [5.41, 5.74) is 1.45. The highest BCUT2D eigenvalue weighted by Gasteiger charge is 2.25. The van der Waals surface area contributed by atoms with Crippen molar-refractivity contribution in [3.8, 4) is 5.75 Å². The van der Waals surface area contributed by atoms with Crippen molar-refractivity contribution in [2.24, 2.45) is 0 Å². The number of benzene rings is 2. The van der Waals surface area contributed by atoms with E-state index in [4.69, 9.17) is 4.74 Å². The monoisotopic (exact) mass is 480 g/mol. The fourth-order valence-electron chi connectivity index (χ4n) is 3.26. The number of nitrogens with zero attached hydrogens (tertiary/aromatic N) is 1. The number of carbonyl (C=O) groups excluding carboxylic acids is 1. The van der Waals surface area contributed by atoms with Crippen LogP contribution in [-0.2, 0) is 14.8 Å². The molecule has 1 N–H and O–H groups in total. The zero-order chi connectivity index (χ0) is 20.9. The molecule has 0 bridgehead atoms. The van der Waals surface area contributed by atoms with Gasteiger partial charge in [-0.25, -0.2) is 8.42 Å². The molecule has 0 saturated carbocycles. The highest BCUT2D eigenvalue weighted by Crippen LogP contribution is 2.23. The summed E-state index contributed by atoms with van der Waals surface area (Å²) in [4.78, 5) is 12.4. The summed E-state index contributed by atoms with van der Waals surface area (Å²) in [6.07, 6.45) is 3.92. The molecule has 29 heavy (non-hydrogen) atoms. The fourth-order valence-corrected chi connectivity index (χ4v) is 5.25. The smallest absolute Gasteiger partial charge is 0.262 e. The van der Waals surface area contributed by atoms with E-state index in [-0.39, 0.29) is 17.4 Å². The van der Waals surface area contributed by atoms with E-state index in [9.17, 15) is 13.2 Å². The lowest BCUT2D eigenvalue weighted by Gasteiger charge is -2.20. The Kier molecular flexibility index (Phi) is 7.32. The van der Waals surface area contributed by atoms with Crippen LogP contribution in [0.1, 0.15) is 31.2 Å². The maximum atomic E-state index is 12.8. The third-order valence-electron chi connectivity index (χ3n) is 4.84. The van der Waals surface area contributed by atoms with E-state index in [1.807, 2.05) is 19.1 Å². The molecule has 2 aromatic carbocycles. The maximum absolute atomic E-state index is 12.8. The van der Waals surface area contributed by atoms with Crippen LogP contribution in [0.25, 0.3) is 0 Å². The van der Waals surface area contributed by atoms with Crippen LogP contribution in [0.2, 0.25) is 0 Å². The molecule has 2 aromatic rings. The first-order valence-corrected chi connectivity index (χ1v) is 11.9. The number of hydrogen-bond acceptors (Lipinski definition) is 4. The van der Waals surface area contributed by atoms with Gasteiger partial charge in [0, 0.05) is 23.2 Å². The lowest BCUT2D eigenvalue weighted by Crippen LogP contribution is -2.31. The molecule has 156 valence electrons. The number of carbonyl (C=O) groups is 1. The second-order valence-corrected chi connectivity index (χ2v) is 9.94. The van der Waals surface area contributed by atoms with Crippen LogP contribution in [0, 0.1) is 6.92 Å². The van der Waals surface area contributed by atoms with Gasteiger partial charge in [-0.3, -0.25) is 4.79 Å². The lowest BCUT2D eigenvalue weighted by molar-refractivity contribution is -0.118. The van der Waals surface area contributed by atoms with E-state index in [0.29, 0.717) is 24.5 Å². The van der Waals surface area contributed by atoms with Gasteiger partial charge in [0.2, 0.25) is 10.0 Å². The molecule has 1 heterocycles. The molecule has 6 nitrogen and oxygen atoms in total. The molecule has 1 saturated heterocycles. The minimum absolute atomic E-state index is 0.129. The standard InChI is InChI=1S/C21H25BrN2O4S/c1-16-14-17(22)6-11-20(16)28-15-21(25)23-18-7-9-19(10-8-18)29(26,27)24-12-4-2-3-5-13-24/h6-11,14H,2-5,12-13,15H2,1H3,(H,23,25). The van der Waals surface area contributed by atoms with E-state index in [1.165, 1.54) is 12.1 Å². The summed E-state index contributed by atoms with van der Waals surface area (Å²) in [6, 6.07) is 11.8. The van der Waals surface area contributed by atoms with Gasteiger partial charge >= 0.3 is 0 Å². The Hall–Kier alpha value is -1.90. The Morgan fingerprint density at radius 1 is 1.07 bits per heavy atom. The minimum Gasteiger partial charge on any atom is -0.483 e. The topological polar surface area (TPSA) is 75.7 Å². The number of ether oxygens (including phenoxy) is 1. The van der Waals surface area contributed by atoms with Crippen molar-refractivity contribution in [1.82, 2.24) is 4.31 Å². The summed E-state index contributed by atoms with van der Waals surface area (Å²) in [6.45, 7) is 2.90. The van der Waals surface area contributed by atoms with E-state index < -0.39 is 10.0 Å². The van der Waals surface area contributed by atoms with Crippen molar-refractivity contribution in [1.29, 1.82) is 0 Å². The number of amides is 1. The number of sulfonamides is 1. The summed E-state index contributed by atoms with van der Waals surface area (Å²) in [5, 5.41) is 2.73. The van der Waals surface area contributed by atoms with E-state index in [1.54, 1.807) is 22.5 Å². The molecule has 1 amide bonds. The van der Waals surface area contributed by atoms with E-state index in [2.05, 4.69) is 21.2 Å². The number of nitrogens with one attached hydrogen (secondary N) is 1. The molecule has 0 spiro atoms. The average Bonchev–Trinajstić information content (AvgIpc) is 2.98. The third-order valence-corrected chi connectivity index (χ3v) is 7.24.